The number of hydrogen-bond donors (Lipinski definition) is 2. The number of nitrogens with one attached hydrogen (secondary N) is 1. The number of amides is 1. The first kappa shape index (κ1) is 9.94. The summed E-state index contributed by atoms with van der Waals surface area (Å²) in [4.78, 5) is 15.3. The molecule has 1 rings (SSSR count). The maximum absolute atomic E-state index is 11.0. The van der Waals surface area contributed by atoms with Crippen LogP contribution in [0.4, 0.5) is 0 Å². The van der Waals surface area contributed by atoms with Gasteiger partial charge >= 0.3 is 0 Å². The number of aliphatic hydroxyl groups is 1. The molecule has 0 radical (unpaired) electrons. The number of aliphatic hydroxyl groups excluding tert-OH is 1. The average Bonchev–Trinajstić information content (AvgIpc) is 2.48. The van der Waals surface area contributed by atoms with Gasteiger partial charge in [-0.25, -0.2) is 0 Å². The van der Waals surface area contributed by atoms with Crippen LogP contribution >= 0.6 is 0 Å². The van der Waals surface area contributed by atoms with Gasteiger partial charge in [-0.3, -0.25) is 4.79 Å². The molecule has 0 saturated carbocycles. The molecule has 6 nitrogen and oxygen atoms in total. The predicted octanol–water partition coefficient (Wildman–Crippen LogP) is -1.51. The summed E-state index contributed by atoms with van der Waals surface area (Å²) in [6.07, 6.45) is 0.366. The summed E-state index contributed by atoms with van der Waals surface area (Å²) in [6, 6.07) is -0.351. The normalized spacial score (nSPS) is 27.8. The first-order valence-corrected chi connectivity index (χ1v) is 3.87. The monoisotopic (exact) mass is 188 g/mol. The molecule has 74 valence electrons. The summed E-state index contributed by atoms with van der Waals surface area (Å²) in [5.74, 6) is -0.406. The fraction of sp³-hybridized carbons (Fsp3) is 0.714. The van der Waals surface area contributed by atoms with Crippen molar-refractivity contribution in [3.63, 3.8) is 0 Å². The fourth-order valence-electron chi connectivity index (χ4n) is 1.00. The molecule has 2 N–H and O–H groups in total. The number of ether oxygens (including phenoxy) is 1. The lowest BCUT2D eigenvalue weighted by molar-refractivity contribution is -0.115. The van der Waals surface area contributed by atoms with E-state index >= 15 is 0 Å². The number of rotatable bonds is 3. The summed E-state index contributed by atoms with van der Waals surface area (Å²) in [6.45, 7) is 0.583. The molecule has 1 heterocycles. The highest BCUT2D eigenvalue weighted by molar-refractivity contribution is 6.26. The summed E-state index contributed by atoms with van der Waals surface area (Å²) < 4.78 is 4.93. The molecule has 1 fully saturated rings. The van der Waals surface area contributed by atoms with Crippen molar-refractivity contribution in [3.8, 4) is 0 Å². The second-order valence-corrected chi connectivity index (χ2v) is 2.64. The Bertz CT molecular complexity index is 207. The number of oxime groups is 1. The Morgan fingerprint density at radius 3 is 3.08 bits per heavy atom. The van der Waals surface area contributed by atoms with E-state index in [4.69, 9.17) is 4.74 Å². The first-order chi connectivity index (χ1) is 6.24. The Morgan fingerprint density at radius 2 is 2.54 bits per heavy atom. The summed E-state index contributed by atoms with van der Waals surface area (Å²) in [7, 11) is 1.34. The zero-order valence-electron chi connectivity index (χ0n) is 7.27. The Hall–Kier alpha value is -1.14. The lowest BCUT2D eigenvalue weighted by Gasteiger charge is -2.11. The maximum Gasteiger partial charge on any atom is 0.266 e. The lowest BCUT2D eigenvalue weighted by atomic mass is 10.2. The molecular formula is C7H12N2O4. The smallest absolute Gasteiger partial charge is 0.266 e. The summed E-state index contributed by atoms with van der Waals surface area (Å²) >= 11 is 0. The van der Waals surface area contributed by atoms with Crippen molar-refractivity contribution in [2.75, 3.05) is 20.3 Å². The van der Waals surface area contributed by atoms with Crippen LogP contribution in [0.2, 0.25) is 0 Å². The van der Waals surface area contributed by atoms with E-state index in [9.17, 15) is 9.90 Å². The van der Waals surface area contributed by atoms with E-state index in [0.717, 1.165) is 6.21 Å². The second kappa shape index (κ2) is 4.78. The third-order valence-corrected chi connectivity index (χ3v) is 1.65. The third-order valence-electron chi connectivity index (χ3n) is 1.65. The SMILES string of the molecule is CO/N=C/C(=O)NC1COCC1O. The van der Waals surface area contributed by atoms with Crippen molar-refractivity contribution in [1.29, 1.82) is 0 Å². The van der Waals surface area contributed by atoms with Crippen LogP contribution in [0, 0.1) is 0 Å². The van der Waals surface area contributed by atoms with E-state index in [-0.39, 0.29) is 12.6 Å². The molecule has 1 saturated heterocycles. The molecule has 0 bridgehead atoms. The van der Waals surface area contributed by atoms with Crippen LogP contribution in [0.5, 0.6) is 0 Å². The van der Waals surface area contributed by atoms with Gasteiger partial charge in [-0.1, -0.05) is 5.16 Å². The van der Waals surface area contributed by atoms with Gasteiger partial charge in [-0.2, -0.15) is 0 Å². The minimum Gasteiger partial charge on any atom is -0.399 e. The maximum atomic E-state index is 11.0. The first-order valence-electron chi connectivity index (χ1n) is 3.87. The van der Waals surface area contributed by atoms with Gasteiger partial charge in [0.1, 0.15) is 13.3 Å². The van der Waals surface area contributed by atoms with Gasteiger partial charge in [0.2, 0.25) is 0 Å². The second-order valence-electron chi connectivity index (χ2n) is 2.64. The molecule has 0 aromatic rings. The zero-order valence-corrected chi connectivity index (χ0v) is 7.27. The molecule has 2 unspecified atom stereocenters. The lowest BCUT2D eigenvalue weighted by Crippen LogP contribution is -2.43. The van der Waals surface area contributed by atoms with Gasteiger partial charge in [0.25, 0.3) is 5.91 Å². The van der Waals surface area contributed by atoms with Crippen molar-refractivity contribution >= 4 is 12.1 Å². The molecule has 0 aliphatic carbocycles. The van der Waals surface area contributed by atoms with E-state index in [1.807, 2.05) is 0 Å². The number of nitrogens with zero attached hydrogens (tertiary/aromatic N) is 1. The van der Waals surface area contributed by atoms with E-state index in [1.54, 1.807) is 0 Å². The molecule has 1 aliphatic heterocycles. The van der Waals surface area contributed by atoms with Crippen molar-refractivity contribution < 1.29 is 19.5 Å². The van der Waals surface area contributed by atoms with E-state index in [1.165, 1.54) is 7.11 Å². The van der Waals surface area contributed by atoms with Crippen LogP contribution in [0.3, 0.4) is 0 Å². The largest absolute Gasteiger partial charge is 0.399 e. The van der Waals surface area contributed by atoms with E-state index in [0.29, 0.717) is 6.61 Å². The van der Waals surface area contributed by atoms with Gasteiger partial charge in [-0.15, -0.1) is 0 Å². The van der Waals surface area contributed by atoms with Crippen LogP contribution in [-0.4, -0.2) is 49.7 Å². The highest BCUT2D eigenvalue weighted by atomic mass is 16.6. The minimum atomic E-state index is -0.639. The van der Waals surface area contributed by atoms with Crippen LogP contribution < -0.4 is 5.32 Å². The molecule has 1 amide bonds. The van der Waals surface area contributed by atoms with Gasteiger partial charge in [0, 0.05) is 0 Å². The molecule has 13 heavy (non-hydrogen) atoms. The van der Waals surface area contributed by atoms with Crippen LogP contribution in [0.25, 0.3) is 0 Å². The fourth-order valence-corrected chi connectivity index (χ4v) is 1.00. The molecular weight excluding hydrogens is 176 g/mol. The quantitative estimate of drug-likeness (QED) is 0.417. The average molecular weight is 188 g/mol. The van der Waals surface area contributed by atoms with Crippen molar-refractivity contribution in [1.82, 2.24) is 5.32 Å². The Labute approximate surface area is 75.5 Å². The minimum absolute atomic E-state index is 0.256. The third kappa shape index (κ3) is 3.00. The highest BCUT2D eigenvalue weighted by Gasteiger charge is 2.26. The van der Waals surface area contributed by atoms with Gasteiger partial charge in [0.05, 0.1) is 25.4 Å². The Kier molecular flexibility index (Phi) is 3.66. The van der Waals surface area contributed by atoms with Crippen LogP contribution in [0.1, 0.15) is 0 Å². The Balaban J connectivity index is 2.31. The van der Waals surface area contributed by atoms with Gasteiger partial charge < -0.3 is 20.0 Å². The predicted molar refractivity (Wildman–Crippen MR) is 44.3 cm³/mol. The van der Waals surface area contributed by atoms with Crippen molar-refractivity contribution in [2.24, 2.45) is 5.16 Å². The van der Waals surface area contributed by atoms with E-state index < -0.39 is 12.0 Å². The van der Waals surface area contributed by atoms with Crippen molar-refractivity contribution in [3.05, 3.63) is 0 Å². The molecule has 0 spiro atoms. The molecule has 1 aliphatic rings. The number of carbonyl (C=O) groups excluding carboxylic acids is 1. The molecule has 6 heteroatoms. The zero-order chi connectivity index (χ0) is 9.68. The standard InChI is InChI=1S/C7H12N2O4/c1-12-8-2-7(11)9-5-3-13-4-6(5)10/h2,5-6,10H,3-4H2,1H3,(H,9,11)/b8-2+. The van der Waals surface area contributed by atoms with Gasteiger partial charge in [0.15, 0.2) is 0 Å². The van der Waals surface area contributed by atoms with Crippen molar-refractivity contribution in [2.45, 2.75) is 12.1 Å². The van der Waals surface area contributed by atoms with Gasteiger partial charge in [-0.05, 0) is 0 Å². The number of hydrogen-bond acceptors (Lipinski definition) is 5. The molecule has 0 aromatic heterocycles. The van der Waals surface area contributed by atoms with Crippen LogP contribution in [0.15, 0.2) is 5.16 Å². The number of carbonyl (C=O) groups is 1. The molecule has 0 aromatic carbocycles. The summed E-state index contributed by atoms with van der Waals surface area (Å²) in [5.41, 5.74) is 0. The Morgan fingerprint density at radius 1 is 1.77 bits per heavy atom. The summed E-state index contributed by atoms with van der Waals surface area (Å²) in [5, 5.41) is 15.0. The van der Waals surface area contributed by atoms with E-state index in [2.05, 4.69) is 15.3 Å². The highest BCUT2D eigenvalue weighted by Crippen LogP contribution is 2.04. The topological polar surface area (TPSA) is 80.2 Å². The van der Waals surface area contributed by atoms with Crippen LogP contribution in [-0.2, 0) is 14.4 Å². The molecule has 2 atom stereocenters.